The maximum Gasteiger partial charge on any atom is 0.338 e. The van der Waals surface area contributed by atoms with E-state index in [4.69, 9.17) is 9.47 Å². The van der Waals surface area contributed by atoms with Crippen LogP contribution in [0.2, 0.25) is 0 Å². The van der Waals surface area contributed by atoms with E-state index in [0.29, 0.717) is 31.9 Å². The van der Waals surface area contributed by atoms with Crippen molar-refractivity contribution in [3.63, 3.8) is 0 Å². The summed E-state index contributed by atoms with van der Waals surface area (Å²) in [5.41, 5.74) is 1.79. The summed E-state index contributed by atoms with van der Waals surface area (Å²) in [5, 5.41) is 12.0. The second-order valence-corrected chi connectivity index (χ2v) is 9.27. The molecular formula is C28H24N2O5S. The molecule has 5 rings (SSSR count). The van der Waals surface area contributed by atoms with Gasteiger partial charge in [-0.15, -0.1) is 0 Å². The van der Waals surface area contributed by atoms with Gasteiger partial charge in [-0.1, -0.05) is 59.9 Å². The van der Waals surface area contributed by atoms with Gasteiger partial charge in [0.1, 0.15) is 11.5 Å². The van der Waals surface area contributed by atoms with Crippen LogP contribution in [0.15, 0.2) is 81.7 Å². The molecule has 1 N–H and O–H groups in total. The summed E-state index contributed by atoms with van der Waals surface area (Å²) in [6, 6.07) is 17.5. The fourth-order valence-electron chi connectivity index (χ4n) is 4.55. The molecule has 7 nitrogen and oxygen atoms in total. The average Bonchev–Trinajstić information content (AvgIpc) is 3.18. The molecule has 1 aliphatic rings. The number of hydrogen-bond acceptors (Lipinski definition) is 7. The van der Waals surface area contributed by atoms with Gasteiger partial charge in [-0.3, -0.25) is 9.36 Å². The number of ether oxygens (including phenoxy) is 2. The van der Waals surface area contributed by atoms with Gasteiger partial charge in [0, 0.05) is 10.9 Å². The van der Waals surface area contributed by atoms with Crippen molar-refractivity contribution in [1.29, 1.82) is 0 Å². The molecular weight excluding hydrogens is 476 g/mol. The van der Waals surface area contributed by atoms with E-state index in [2.05, 4.69) is 4.99 Å². The van der Waals surface area contributed by atoms with Gasteiger partial charge in [0.05, 0.1) is 35.6 Å². The first-order valence-electron chi connectivity index (χ1n) is 11.5. The number of fused-ring (bicyclic) bond motifs is 2. The normalized spacial score (nSPS) is 15.5. The lowest BCUT2D eigenvalue weighted by Gasteiger charge is -2.26. The molecule has 0 unspecified atom stereocenters. The molecule has 0 amide bonds. The van der Waals surface area contributed by atoms with Crippen molar-refractivity contribution in [2.24, 2.45) is 4.99 Å². The number of aromatic hydroxyl groups is 1. The van der Waals surface area contributed by atoms with Crippen molar-refractivity contribution >= 4 is 34.2 Å². The minimum atomic E-state index is -0.748. The van der Waals surface area contributed by atoms with Crippen LogP contribution in [0.3, 0.4) is 0 Å². The number of thiazole rings is 1. The van der Waals surface area contributed by atoms with Crippen LogP contribution in [0.4, 0.5) is 0 Å². The smallest absolute Gasteiger partial charge is 0.338 e. The van der Waals surface area contributed by atoms with Crippen molar-refractivity contribution in [3.8, 4) is 11.5 Å². The third-order valence-electron chi connectivity index (χ3n) is 6.17. The van der Waals surface area contributed by atoms with Crippen molar-refractivity contribution in [3.05, 3.63) is 103 Å². The van der Waals surface area contributed by atoms with E-state index < -0.39 is 12.0 Å². The molecule has 2 heterocycles. The van der Waals surface area contributed by atoms with Crippen molar-refractivity contribution < 1.29 is 19.4 Å². The maximum atomic E-state index is 13.8. The second-order valence-electron chi connectivity index (χ2n) is 8.26. The Morgan fingerprint density at radius 3 is 2.56 bits per heavy atom. The molecule has 0 aliphatic carbocycles. The maximum absolute atomic E-state index is 13.8. The summed E-state index contributed by atoms with van der Waals surface area (Å²) >= 11 is 1.21. The minimum Gasteiger partial charge on any atom is -0.507 e. The number of phenols is 1. The first kappa shape index (κ1) is 23.6. The van der Waals surface area contributed by atoms with Crippen molar-refractivity contribution in [2.75, 3.05) is 13.7 Å². The first-order chi connectivity index (χ1) is 17.4. The quantitative estimate of drug-likeness (QED) is 0.423. The van der Waals surface area contributed by atoms with Crippen LogP contribution in [-0.2, 0) is 9.53 Å². The highest BCUT2D eigenvalue weighted by atomic mass is 32.1. The highest BCUT2D eigenvalue weighted by Gasteiger charge is 2.34. The van der Waals surface area contributed by atoms with E-state index in [9.17, 15) is 14.7 Å². The minimum absolute atomic E-state index is 0.0735. The molecule has 0 spiro atoms. The van der Waals surface area contributed by atoms with E-state index in [1.165, 1.54) is 11.3 Å². The second kappa shape index (κ2) is 9.47. The topological polar surface area (TPSA) is 90.1 Å². The Hall–Kier alpha value is -4.17. The number of para-hydroxylation sites is 1. The Morgan fingerprint density at radius 2 is 1.83 bits per heavy atom. The van der Waals surface area contributed by atoms with E-state index in [0.717, 1.165) is 16.3 Å². The number of aromatic nitrogens is 1. The predicted molar refractivity (Wildman–Crippen MR) is 139 cm³/mol. The molecule has 1 aliphatic heterocycles. The van der Waals surface area contributed by atoms with Gasteiger partial charge >= 0.3 is 5.97 Å². The van der Waals surface area contributed by atoms with Gasteiger partial charge in [0.25, 0.3) is 5.56 Å². The molecule has 182 valence electrons. The lowest BCUT2D eigenvalue weighted by atomic mass is 9.91. The number of benzene rings is 3. The number of rotatable bonds is 5. The number of phenolic OH excluding ortho intramolecular Hbond substituents is 1. The summed E-state index contributed by atoms with van der Waals surface area (Å²) in [4.78, 5) is 32.1. The molecule has 3 aromatic carbocycles. The number of nitrogens with zero attached hydrogens (tertiary/aromatic N) is 2. The van der Waals surface area contributed by atoms with E-state index >= 15 is 0 Å². The van der Waals surface area contributed by atoms with Crippen LogP contribution in [-0.4, -0.2) is 29.4 Å². The molecule has 0 bridgehead atoms. The fourth-order valence-corrected chi connectivity index (χ4v) is 5.59. The largest absolute Gasteiger partial charge is 0.507 e. The highest BCUT2D eigenvalue weighted by Crippen LogP contribution is 2.37. The SMILES string of the molecule is CCOC(=O)C1=C(C)N=c2sc(=Cc3ccccc3O)c(=O)n2[C@@H]1c1ccc(OC)c2ccccc12. The number of allylic oxidation sites excluding steroid dienone is 1. The molecule has 0 fully saturated rings. The highest BCUT2D eigenvalue weighted by molar-refractivity contribution is 7.07. The Bertz CT molecular complexity index is 1710. The van der Waals surface area contributed by atoms with Gasteiger partial charge in [0.15, 0.2) is 4.80 Å². The molecule has 36 heavy (non-hydrogen) atoms. The lowest BCUT2D eigenvalue weighted by Crippen LogP contribution is -2.40. The monoisotopic (exact) mass is 500 g/mol. The zero-order valence-corrected chi connectivity index (χ0v) is 20.8. The Balaban J connectivity index is 1.83. The van der Waals surface area contributed by atoms with Gasteiger partial charge in [-0.2, -0.15) is 0 Å². The first-order valence-corrected chi connectivity index (χ1v) is 12.3. The average molecular weight is 501 g/mol. The van der Waals surface area contributed by atoms with E-state index in [1.54, 1.807) is 55.9 Å². The number of esters is 1. The van der Waals surface area contributed by atoms with Crippen molar-refractivity contribution in [2.45, 2.75) is 19.9 Å². The van der Waals surface area contributed by atoms with Gasteiger partial charge in [-0.05, 0) is 43.0 Å². The van der Waals surface area contributed by atoms with Gasteiger partial charge < -0.3 is 14.6 Å². The van der Waals surface area contributed by atoms with Crippen LogP contribution in [0, 0.1) is 0 Å². The van der Waals surface area contributed by atoms with Crippen LogP contribution in [0.5, 0.6) is 11.5 Å². The van der Waals surface area contributed by atoms with Crippen LogP contribution in [0.1, 0.15) is 31.0 Å². The lowest BCUT2D eigenvalue weighted by molar-refractivity contribution is -0.139. The number of carbonyl (C=O) groups excluding carboxylic acids is 1. The van der Waals surface area contributed by atoms with Crippen LogP contribution in [0.25, 0.3) is 16.8 Å². The fraction of sp³-hybridized carbons (Fsp3) is 0.179. The molecule has 0 radical (unpaired) electrons. The van der Waals surface area contributed by atoms with Gasteiger partial charge in [-0.25, -0.2) is 9.79 Å². The number of carbonyl (C=O) groups is 1. The molecule has 0 saturated carbocycles. The zero-order valence-electron chi connectivity index (χ0n) is 20.0. The summed E-state index contributed by atoms with van der Waals surface area (Å²) in [6.45, 7) is 3.70. The third-order valence-corrected chi connectivity index (χ3v) is 7.16. The summed E-state index contributed by atoms with van der Waals surface area (Å²) in [6.07, 6.45) is 1.64. The van der Waals surface area contributed by atoms with Crippen molar-refractivity contribution in [1.82, 2.24) is 4.57 Å². The molecule has 1 atom stereocenters. The predicted octanol–water partition coefficient (Wildman–Crippen LogP) is 3.67. The van der Waals surface area contributed by atoms with E-state index in [-0.39, 0.29) is 17.9 Å². The Kier molecular flexibility index (Phi) is 6.20. The molecule has 4 aromatic rings. The summed E-state index contributed by atoms with van der Waals surface area (Å²) in [7, 11) is 1.61. The molecule has 8 heteroatoms. The molecule has 1 aromatic heterocycles. The number of methoxy groups -OCH3 is 1. The summed E-state index contributed by atoms with van der Waals surface area (Å²) < 4.78 is 12.9. The zero-order chi connectivity index (χ0) is 25.4. The number of hydrogen-bond donors (Lipinski definition) is 1. The van der Waals surface area contributed by atoms with Crippen LogP contribution >= 0.6 is 11.3 Å². The van der Waals surface area contributed by atoms with E-state index in [1.807, 2.05) is 36.4 Å². The summed E-state index contributed by atoms with van der Waals surface area (Å²) in [5.74, 6) is 0.253. The van der Waals surface area contributed by atoms with Gasteiger partial charge in [0.2, 0.25) is 0 Å². The Labute approximate surface area is 210 Å². The van der Waals surface area contributed by atoms with Crippen LogP contribution < -0.4 is 19.6 Å². The molecule has 0 saturated heterocycles. The Morgan fingerprint density at radius 1 is 1.11 bits per heavy atom. The third kappa shape index (κ3) is 3.89. The standard InChI is InChI=1S/C28H24N2O5S/c1-4-35-27(33)24-16(2)29-28-30(26(32)23(36-28)15-17-9-5-8-12-21(17)31)25(24)20-13-14-22(34-3)19-11-7-6-10-18(19)20/h5-15,25,31H,4H2,1-3H3/t25-/m1/s1.